The summed E-state index contributed by atoms with van der Waals surface area (Å²) in [6.07, 6.45) is 7.96. The molecule has 1 unspecified atom stereocenters. The van der Waals surface area contributed by atoms with Crippen molar-refractivity contribution in [2.24, 2.45) is 5.92 Å². The lowest BCUT2D eigenvalue weighted by Crippen LogP contribution is -2.23. The first-order chi connectivity index (χ1) is 8.70. The fourth-order valence-corrected chi connectivity index (χ4v) is 2.66. The van der Waals surface area contributed by atoms with Crippen LogP contribution in [0.5, 0.6) is 0 Å². The predicted molar refractivity (Wildman–Crippen MR) is 77.2 cm³/mol. The highest BCUT2D eigenvalue weighted by Gasteiger charge is 2.24. The molecular weight excluding hydrogens is 267 g/mol. The Labute approximate surface area is 119 Å². The second kappa shape index (κ2) is 6.74. The van der Waals surface area contributed by atoms with Gasteiger partial charge in [0, 0.05) is 6.20 Å². The highest BCUT2D eigenvalue weighted by molar-refractivity contribution is 6.34. The van der Waals surface area contributed by atoms with Gasteiger partial charge in [0.15, 0.2) is 0 Å². The summed E-state index contributed by atoms with van der Waals surface area (Å²) in [5, 5.41) is 4.81. The fourth-order valence-electron chi connectivity index (χ4n) is 2.14. The van der Waals surface area contributed by atoms with Gasteiger partial charge in [-0.05, 0) is 37.8 Å². The van der Waals surface area contributed by atoms with Crippen LogP contribution in [0.3, 0.4) is 0 Å². The van der Waals surface area contributed by atoms with Gasteiger partial charge in [0.05, 0.1) is 21.8 Å². The normalized spacial score (nSPS) is 16.8. The van der Waals surface area contributed by atoms with Gasteiger partial charge in [-0.1, -0.05) is 43.0 Å². The van der Waals surface area contributed by atoms with Gasteiger partial charge in [0.25, 0.3) is 0 Å². The van der Waals surface area contributed by atoms with E-state index in [1.54, 1.807) is 12.3 Å². The van der Waals surface area contributed by atoms with Gasteiger partial charge in [-0.3, -0.25) is 4.98 Å². The third-order valence-electron chi connectivity index (χ3n) is 3.37. The zero-order chi connectivity index (χ0) is 13.0. The van der Waals surface area contributed by atoms with Crippen molar-refractivity contribution in [2.75, 3.05) is 6.54 Å². The van der Waals surface area contributed by atoms with Crippen LogP contribution in [0, 0.1) is 5.92 Å². The third-order valence-corrected chi connectivity index (χ3v) is 3.88. The Hall–Kier alpha value is -0.310. The molecule has 1 aliphatic carbocycles. The van der Waals surface area contributed by atoms with Crippen LogP contribution >= 0.6 is 23.2 Å². The summed E-state index contributed by atoms with van der Waals surface area (Å²) < 4.78 is 0. The molecule has 0 spiro atoms. The van der Waals surface area contributed by atoms with E-state index in [4.69, 9.17) is 23.2 Å². The molecule has 0 aromatic carbocycles. The summed E-state index contributed by atoms with van der Waals surface area (Å²) in [5.41, 5.74) is 0.940. The Morgan fingerprint density at radius 1 is 1.44 bits per heavy atom. The molecule has 1 aromatic rings. The smallest absolute Gasteiger partial charge is 0.0760 e. The van der Waals surface area contributed by atoms with Crippen LogP contribution in [0.25, 0.3) is 0 Å². The second-order valence-corrected chi connectivity index (χ2v) is 5.89. The molecule has 0 saturated heterocycles. The number of hydrogen-bond donors (Lipinski definition) is 1. The summed E-state index contributed by atoms with van der Waals surface area (Å²) >= 11 is 12.1. The molecule has 100 valence electrons. The molecule has 2 rings (SSSR count). The lowest BCUT2D eigenvalue weighted by atomic mass is 10.0. The average molecular weight is 287 g/mol. The van der Waals surface area contributed by atoms with Crippen LogP contribution in [-0.2, 0) is 0 Å². The van der Waals surface area contributed by atoms with Gasteiger partial charge in [-0.2, -0.15) is 0 Å². The summed E-state index contributed by atoms with van der Waals surface area (Å²) in [7, 11) is 0. The van der Waals surface area contributed by atoms with E-state index in [2.05, 4.69) is 17.2 Å². The number of halogens is 2. The zero-order valence-corrected chi connectivity index (χ0v) is 12.3. The van der Waals surface area contributed by atoms with Crippen molar-refractivity contribution < 1.29 is 0 Å². The maximum Gasteiger partial charge on any atom is 0.0760 e. The van der Waals surface area contributed by atoms with Crippen molar-refractivity contribution in [3.63, 3.8) is 0 Å². The Kier molecular flexibility index (Phi) is 5.28. The molecule has 1 aliphatic rings. The van der Waals surface area contributed by atoms with Gasteiger partial charge < -0.3 is 5.32 Å². The van der Waals surface area contributed by atoms with E-state index in [-0.39, 0.29) is 6.04 Å². The quantitative estimate of drug-likeness (QED) is 0.791. The monoisotopic (exact) mass is 286 g/mol. The van der Waals surface area contributed by atoms with E-state index in [9.17, 15) is 0 Å². The molecule has 1 heterocycles. The van der Waals surface area contributed by atoms with Gasteiger partial charge in [0.2, 0.25) is 0 Å². The van der Waals surface area contributed by atoms with E-state index in [0.717, 1.165) is 31.0 Å². The lowest BCUT2D eigenvalue weighted by molar-refractivity contribution is 0.461. The van der Waals surface area contributed by atoms with Crippen LogP contribution in [0.2, 0.25) is 10.0 Å². The van der Waals surface area contributed by atoms with E-state index in [0.29, 0.717) is 10.0 Å². The number of nitrogens with one attached hydrogen (secondary N) is 1. The summed E-state index contributed by atoms with van der Waals surface area (Å²) in [5.74, 6) is 0.932. The minimum atomic E-state index is 0.260. The lowest BCUT2D eigenvalue weighted by Gasteiger charge is -2.19. The molecule has 1 saturated carbocycles. The Bertz CT molecular complexity index is 391. The van der Waals surface area contributed by atoms with Gasteiger partial charge in [-0.15, -0.1) is 0 Å². The number of hydrogen-bond acceptors (Lipinski definition) is 2. The Morgan fingerprint density at radius 3 is 2.83 bits per heavy atom. The van der Waals surface area contributed by atoms with Crippen molar-refractivity contribution >= 4 is 23.2 Å². The van der Waals surface area contributed by atoms with Crippen molar-refractivity contribution in [3.05, 3.63) is 28.0 Å². The molecule has 1 N–H and O–H groups in total. The molecule has 0 radical (unpaired) electrons. The van der Waals surface area contributed by atoms with E-state index in [1.165, 1.54) is 19.3 Å². The first kappa shape index (κ1) is 14.1. The van der Waals surface area contributed by atoms with Crippen LogP contribution in [0.4, 0.5) is 0 Å². The van der Waals surface area contributed by atoms with E-state index < -0.39 is 0 Å². The van der Waals surface area contributed by atoms with Crippen molar-refractivity contribution in [1.29, 1.82) is 0 Å². The van der Waals surface area contributed by atoms with Gasteiger partial charge in [-0.25, -0.2) is 0 Å². The van der Waals surface area contributed by atoms with Crippen molar-refractivity contribution in [2.45, 2.75) is 45.1 Å². The summed E-state index contributed by atoms with van der Waals surface area (Å²) in [6.45, 7) is 3.16. The SMILES string of the molecule is CCCNC(CCC1CC1)c1ncc(Cl)cc1Cl. The maximum absolute atomic E-state index is 6.25. The van der Waals surface area contributed by atoms with Crippen molar-refractivity contribution in [3.8, 4) is 0 Å². The van der Waals surface area contributed by atoms with E-state index >= 15 is 0 Å². The first-order valence-corrected chi connectivity index (χ1v) is 7.50. The highest BCUT2D eigenvalue weighted by atomic mass is 35.5. The number of pyridine rings is 1. The molecule has 0 amide bonds. The van der Waals surface area contributed by atoms with E-state index in [1.807, 2.05) is 0 Å². The number of rotatable bonds is 7. The zero-order valence-electron chi connectivity index (χ0n) is 10.8. The predicted octanol–water partition coefficient (Wildman–Crippen LogP) is 4.62. The molecule has 1 aromatic heterocycles. The molecular formula is C14H20Cl2N2. The number of nitrogens with zero attached hydrogens (tertiary/aromatic N) is 1. The largest absolute Gasteiger partial charge is 0.309 e. The van der Waals surface area contributed by atoms with Crippen molar-refractivity contribution in [1.82, 2.24) is 10.3 Å². The molecule has 18 heavy (non-hydrogen) atoms. The molecule has 0 aliphatic heterocycles. The summed E-state index contributed by atoms with van der Waals surface area (Å²) in [6, 6.07) is 2.04. The Morgan fingerprint density at radius 2 is 2.22 bits per heavy atom. The average Bonchev–Trinajstić information content (AvgIpc) is 3.14. The maximum atomic E-state index is 6.25. The van der Waals surface area contributed by atoms with Gasteiger partial charge >= 0.3 is 0 Å². The van der Waals surface area contributed by atoms with Crippen LogP contribution in [-0.4, -0.2) is 11.5 Å². The van der Waals surface area contributed by atoms with Gasteiger partial charge in [0.1, 0.15) is 0 Å². The standard InChI is InChI=1S/C14H20Cl2N2/c1-2-7-17-13(6-5-10-3-4-10)14-12(16)8-11(15)9-18-14/h8-10,13,17H,2-7H2,1H3. The van der Waals surface area contributed by atoms with Crippen LogP contribution < -0.4 is 5.32 Å². The molecule has 1 atom stereocenters. The van der Waals surface area contributed by atoms with Crippen LogP contribution in [0.1, 0.15) is 50.8 Å². The minimum absolute atomic E-state index is 0.260. The molecule has 2 nitrogen and oxygen atoms in total. The van der Waals surface area contributed by atoms with Crippen LogP contribution in [0.15, 0.2) is 12.3 Å². The highest BCUT2D eigenvalue weighted by Crippen LogP contribution is 2.36. The fraction of sp³-hybridized carbons (Fsp3) is 0.643. The minimum Gasteiger partial charge on any atom is -0.309 e. The topological polar surface area (TPSA) is 24.9 Å². The molecule has 4 heteroatoms. The second-order valence-electron chi connectivity index (χ2n) is 5.05. The third kappa shape index (κ3) is 4.11. The summed E-state index contributed by atoms with van der Waals surface area (Å²) in [4.78, 5) is 4.40. The Balaban J connectivity index is 2.04. The number of aromatic nitrogens is 1. The molecule has 1 fully saturated rings. The molecule has 0 bridgehead atoms. The first-order valence-electron chi connectivity index (χ1n) is 6.75.